The van der Waals surface area contributed by atoms with Crippen LogP contribution in [0.3, 0.4) is 0 Å². The minimum absolute atomic E-state index is 0.0200. The van der Waals surface area contributed by atoms with E-state index in [0.717, 1.165) is 25.0 Å². The molecule has 2 aliphatic rings. The van der Waals surface area contributed by atoms with E-state index in [9.17, 15) is 17.6 Å². The molecule has 3 aromatic rings. The Kier molecular flexibility index (Phi) is 10.2. The second-order valence-corrected chi connectivity index (χ2v) is 15.7. The SMILES string of the molecule is COc1ccc(CN(c2cccc(F)n2)S(=O)(=O)c2c(F)cc(N3CCC(C)(C4CCCN4C(=O)OC(C)(C)C)C3)c(Cl)c2F)c(OC)c1. The number of rotatable bonds is 9. The molecule has 2 saturated heterocycles. The molecule has 0 aliphatic carbocycles. The van der Waals surface area contributed by atoms with Crippen LogP contribution < -0.4 is 18.7 Å². The van der Waals surface area contributed by atoms with Crippen molar-refractivity contribution in [2.45, 2.75) is 70.0 Å². The molecule has 1 amide bonds. The van der Waals surface area contributed by atoms with Crippen molar-refractivity contribution >= 4 is 39.2 Å². The van der Waals surface area contributed by atoms with Gasteiger partial charge in [0, 0.05) is 48.8 Å². The number of ether oxygens (including phenoxy) is 3. The molecule has 5 rings (SSSR count). The highest BCUT2D eigenvalue weighted by Crippen LogP contribution is 2.45. The Balaban J connectivity index is 1.49. The van der Waals surface area contributed by atoms with Crippen LogP contribution in [0.25, 0.3) is 0 Å². The molecule has 0 radical (unpaired) electrons. The van der Waals surface area contributed by atoms with Crippen LogP contribution >= 0.6 is 11.6 Å². The first-order valence-corrected chi connectivity index (χ1v) is 17.6. The number of methoxy groups -OCH3 is 2. The summed E-state index contributed by atoms with van der Waals surface area (Å²) < 4.78 is 91.8. The number of anilines is 2. The van der Waals surface area contributed by atoms with E-state index in [1.54, 1.807) is 36.6 Å². The summed E-state index contributed by atoms with van der Waals surface area (Å²) in [5, 5.41) is -0.589. The number of nitrogens with zero attached hydrogens (tertiary/aromatic N) is 4. The van der Waals surface area contributed by atoms with Crippen LogP contribution in [-0.4, -0.2) is 69.9 Å². The lowest BCUT2D eigenvalue weighted by Crippen LogP contribution is -2.48. The number of sulfonamides is 1. The highest BCUT2D eigenvalue weighted by molar-refractivity contribution is 7.92. The van der Waals surface area contributed by atoms with Gasteiger partial charge < -0.3 is 24.0 Å². The van der Waals surface area contributed by atoms with Gasteiger partial charge in [0.1, 0.15) is 33.8 Å². The minimum Gasteiger partial charge on any atom is -0.497 e. The van der Waals surface area contributed by atoms with Crippen LogP contribution in [0.2, 0.25) is 5.02 Å². The zero-order valence-corrected chi connectivity index (χ0v) is 29.8. The molecule has 0 spiro atoms. The number of amides is 1. The number of pyridine rings is 1. The van der Waals surface area contributed by atoms with Gasteiger partial charge in [-0.05, 0) is 64.3 Å². The zero-order chi connectivity index (χ0) is 35.9. The lowest BCUT2D eigenvalue weighted by molar-refractivity contribution is 0.0108. The molecule has 1 aromatic heterocycles. The second kappa shape index (κ2) is 13.8. The molecule has 0 N–H and O–H groups in total. The molecule has 49 heavy (non-hydrogen) atoms. The topological polar surface area (TPSA) is 102 Å². The van der Waals surface area contributed by atoms with E-state index in [1.807, 2.05) is 6.92 Å². The second-order valence-electron chi connectivity index (χ2n) is 13.5. The summed E-state index contributed by atoms with van der Waals surface area (Å²) in [6, 6.07) is 8.74. The number of aromatic nitrogens is 1. The molecule has 3 heterocycles. The highest BCUT2D eigenvalue weighted by atomic mass is 35.5. The van der Waals surface area contributed by atoms with Crippen molar-refractivity contribution in [3.8, 4) is 11.5 Å². The third kappa shape index (κ3) is 7.35. The van der Waals surface area contributed by atoms with E-state index in [1.165, 1.54) is 38.5 Å². The van der Waals surface area contributed by atoms with E-state index in [-0.39, 0.29) is 23.0 Å². The van der Waals surface area contributed by atoms with Gasteiger partial charge in [-0.25, -0.2) is 31.3 Å². The molecule has 10 nitrogen and oxygen atoms in total. The maximum absolute atomic E-state index is 16.2. The first-order chi connectivity index (χ1) is 23.0. The van der Waals surface area contributed by atoms with Gasteiger partial charge in [-0.2, -0.15) is 4.39 Å². The number of carbonyl (C=O) groups is 1. The molecular formula is C34H40ClF3N4O6S. The zero-order valence-electron chi connectivity index (χ0n) is 28.2. The monoisotopic (exact) mass is 724 g/mol. The van der Waals surface area contributed by atoms with Crippen LogP contribution in [-0.2, 0) is 21.3 Å². The van der Waals surface area contributed by atoms with Crippen molar-refractivity contribution in [3.63, 3.8) is 0 Å². The van der Waals surface area contributed by atoms with Gasteiger partial charge in [0.15, 0.2) is 10.7 Å². The molecule has 2 fully saturated rings. The van der Waals surface area contributed by atoms with Crippen molar-refractivity contribution in [1.29, 1.82) is 0 Å². The van der Waals surface area contributed by atoms with Crippen LogP contribution in [0.5, 0.6) is 11.5 Å². The average molecular weight is 725 g/mol. The summed E-state index contributed by atoms with van der Waals surface area (Å²) in [7, 11) is -2.29. The number of hydrogen-bond acceptors (Lipinski definition) is 8. The molecular weight excluding hydrogens is 685 g/mol. The number of likely N-dealkylation sites (tertiary alicyclic amines) is 1. The summed E-state index contributed by atoms with van der Waals surface area (Å²) >= 11 is 6.52. The Bertz CT molecular complexity index is 1840. The Labute approximate surface area is 289 Å². The summed E-state index contributed by atoms with van der Waals surface area (Å²) in [5.41, 5.74) is -0.872. The Hall–Kier alpha value is -3.91. The smallest absolute Gasteiger partial charge is 0.410 e. The fourth-order valence-electron chi connectivity index (χ4n) is 6.60. The number of carbonyl (C=O) groups excluding carboxylic acids is 1. The van der Waals surface area contributed by atoms with Gasteiger partial charge in [0.05, 0.1) is 26.5 Å². The summed E-state index contributed by atoms with van der Waals surface area (Å²) in [4.78, 5) is 18.8. The molecule has 2 atom stereocenters. The third-order valence-electron chi connectivity index (χ3n) is 8.94. The summed E-state index contributed by atoms with van der Waals surface area (Å²) in [5.74, 6) is -3.66. The predicted octanol–water partition coefficient (Wildman–Crippen LogP) is 7.18. The molecule has 266 valence electrons. The van der Waals surface area contributed by atoms with Crippen LogP contribution in [0, 0.1) is 23.0 Å². The fourth-order valence-corrected chi connectivity index (χ4v) is 8.43. The predicted molar refractivity (Wildman–Crippen MR) is 179 cm³/mol. The van der Waals surface area contributed by atoms with E-state index < -0.39 is 67.0 Å². The van der Waals surface area contributed by atoms with Crippen molar-refractivity contribution in [2.24, 2.45) is 5.41 Å². The van der Waals surface area contributed by atoms with Crippen LogP contribution in [0.1, 0.15) is 52.5 Å². The lowest BCUT2D eigenvalue weighted by atomic mass is 9.80. The van der Waals surface area contributed by atoms with Crippen molar-refractivity contribution in [3.05, 3.63) is 70.6 Å². The van der Waals surface area contributed by atoms with E-state index >= 15 is 8.78 Å². The van der Waals surface area contributed by atoms with Crippen molar-refractivity contribution in [2.75, 3.05) is 43.1 Å². The summed E-state index contributed by atoms with van der Waals surface area (Å²) in [6.45, 7) is 8.08. The van der Waals surface area contributed by atoms with Gasteiger partial charge in [-0.1, -0.05) is 24.6 Å². The molecule has 2 unspecified atom stereocenters. The van der Waals surface area contributed by atoms with Crippen molar-refractivity contribution < 1.29 is 40.6 Å². The fraction of sp³-hybridized carbons (Fsp3) is 0.471. The van der Waals surface area contributed by atoms with Gasteiger partial charge in [0.25, 0.3) is 10.0 Å². The number of benzene rings is 2. The molecule has 2 aromatic carbocycles. The normalized spacial score (nSPS) is 19.7. The van der Waals surface area contributed by atoms with Gasteiger partial charge in [-0.15, -0.1) is 0 Å². The largest absolute Gasteiger partial charge is 0.497 e. The van der Waals surface area contributed by atoms with Gasteiger partial charge in [0.2, 0.25) is 5.95 Å². The average Bonchev–Trinajstić information content (AvgIpc) is 3.69. The van der Waals surface area contributed by atoms with Gasteiger partial charge >= 0.3 is 6.09 Å². The Morgan fingerprint density at radius 1 is 1.10 bits per heavy atom. The standard InChI is InChI=1S/C34H40ClF3N4O6S/c1-33(2,3)48-32(43)41-15-8-9-26(41)34(4)14-16-40(20-34)24-18-23(36)31(30(38)29(24)35)49(44,45)42(28-11-7-10-27(37)39-28)19-21-12-13-22(46-5)17-25(21)47-6/h7,10-13,17-18,26H,8-9,14-16,19-20H2,1-6H3. The van der Waals surface area contributed by atoms with E-state index in [4.69, 9.17) is 25.8 Å². The summed E-state index contributed by atoms with van der Waals surface area (Å²) in [6.07, 6.45) is 1.69. The maximum Gasteiger partial charge on any atom is 0.410 e. The molecule has 0 saturated carbocycles. The van der Waals surface area contributed by atoms with E-state index in [0.29, 0.717) is 36.1 Å². The first-order valence-electron chi connectivity index (χ1n) is 15.8. The maximum atomic E-state index is 16.2. The number of hydrogen-bond donors (Lipinski definition) is 0. The third-order valence-corrected chi connectivity index (χ3v) is 11.1. The lowest BCUT2D eigenvalue weighted by Gasteiger charge is -2.38. The molecule has 0 bridgehead atoms. The van der Waals surface area contributed by atoms with E-state index in [2.05, 4.69) is 4.98 Å². The Morgan fingerprint density at radius 3 is 2.49 bits per heavy atom. The molecule has 2 aliphatic heterocycles. The van der Waals surface area contributed by atoms with Crippen molar-refractivity contribution in [1.82, 2.24) is 9.88 Å². The van der Waals surface area contributed by atoms with Crippen LogP contribution in [0.4, 0.5) is 29.5 Å². The minimum atomic E-state index is -5.10. The number of halogens is 4. The highest BCUT2D eigenvalue weighted by Gasteiger charge is 2.48. The van der Waals surface area contributed by atoms with Crippen LogP contribution in [0.15, 0.2) is 47.4 Å². The first kappa shape index (κ1) is 36.4. The Morgan fingerprint density at radius 2 is 1.84 bits per heavy atom. The quantitative estimate of drug-likeness (QED) is 0.169. The van der Waals surface area contributed by atoms with Gasteiger partial charge in [-0.3, -0.25) is 0 Å². The molecule has 15 heteroatoms.